The molecule has 1 saturated heterocycles. The van der Waals surface area contributed by atoms with E-state index in [4.69, 9.17) is 4.74 Å². The van der Waals surface area contributed by atoms with Crippen LogP contribution in [0.15, 0.2) is 48.4 Å². The number of aromatic nitrogens is 1. The number of fused-ring (bicyclic) bond motifs is 2. The van der Waals surface area contributed by atoms with Crippen LogP contribution in [0.2, 0.25) is 0 Å². The molecule has 0 unspecified atom stereocenters. The number of Topliss-reactive ketones (excluding diaryl/α,β-unsaturated/α-hetero) is 1. The number of ether oxygens (including phenoxy) is 1. The molecule has 0 atom stereocenters. The monoisotopic (exact) mass is 431 g/mol. The van der Waals surface area contributed by atoms with E-state index in [0.717, 1.165) is 55.7 Å². The van der Waals surface area contributed by atoms with E-state index in [1.165, 1.54) is 11.0 Å². The predicted molar refractivity (Wildman–Crippen MR) is 123 cm³/mol. The fraction of sp³-hybridized carbons (Fsp3) is 0.346. The summed E-state index contributed by atoms with van der Waals surface area (Å²) in [5.41, 5.74) is 3.19. The number of para-hydroxylation sites is 1. The average molecular weight is 432 g/mol. The summed E-state index contributed by atoms with van der Waals surface area (Å²) in [5, 5.41) is 13.8. The number of ketones is 1. The summed E-state index contributed by atoms with van der Waals surface area (Å²) >= 11 is 0. The molecule has 1 aromatic heterocycles. The van der Waals surface area contributed by atoms with Crippen molar-refractivity contribution in [2.24, 2.45) is 0 Å². The summed E-state index contributed by atoms with van der Waals surface area (Å²) in [6.45, 7) is 10.8. The number of nitrogens with zero attached hydrogens (tertiary/aromatic N) is 2. The smallest absolute Gasteiger partial charge is 0.231 e. The van der Waals surface area contributed by atoms with Gasteiger partial charge in [0.2, 0.25) is 5.78 Å². The molecule has 2 aromatic carbocycles. The van der Waals surface area contributed by atoms with Crippen molar-refractivity contribution >= 4 is 22.8 Å². The number of aryl methyl sites for hydroxylation is 1. The highest BCUT2D eigenvalue weighted by Crippen LogP contribution is 2.38. The normalized spacial score (nSPS) is 18.4. The standard InChI is InChI=1S/C26H29N3O3/c1-3-27-11-13-28(14-12-27)17-21-23(30)10-9-20-25(31)24(32-26(20)21)15-18-16-29(4-2)22-8-6-5-7-19(18)22/h5-10,15-16,30H,3-4,11-14,17H2,1-2H3/b24-15-. The molecule has 0 amide bonds. The Labute approximate surface area is 188 Å². The molecule has 166 valence electrons. The van der Waals surface area contributed by atoms with Crippen LogP contribution in [0.4, 0.5) is 0 Å². The summed E-state index contributed by atoms with van der Waals surface area (Å²) in [6.07, 6.45) is 3.87. The van der Waals surface area contributed by atoms with Gasteiger partial charge in [0, 0.05) is 47.9 Å². The number of nitrogens with one attached hydrogen (secondary N) is 1. The third-order valence-electron chi connectivity index (χ3n) is 6.78. The van der Waals surface area contributed by atoms with Gasteiger partial charge in [-0.3, -0.25) is 9.69 Å². The van der Waals surface area contributed by atoms with Crippen molar-refractivity contribution in [3.8, 4) is 11.5 Å². The second-order valence-corrected chi connectivity index (χ2v) is 8.61. The van der Waals surface area contributed by atoms with Crippen LogP contribution >= 0.6 is 0 Å². The largest absolute Gasteiger partial charge is 0.872 e. The third-order valence-corrected chi connectivity index (χ3v) is 6.78. The van der Waals surface area contributed by atoms with Gasteiger partial charge >= 0.3 is 0 Å². The van der Waals surface area contributed by atoms with Crippen LogP contribution in [0.1, 0.15) is 35.3 Å². The van der Waals surface area contributed by atoms with Crippen molar-refractivity contribution in [1.82, 2.24) is 9.47 Å². The average Bonchev–Trinajstić information content (AvgIpc) is 3.34. The van der Waals surface area contributed by atoms with Gasteiger partial charge < -0.3 is 19.3 Å². The molecule has 3 heterocycles. The number of rotatable bonds is 5. The lowest BCUT2D eigenvalue weighted by atomic mass is 10.0. The van der Waals surface area contributed by atoms with Crippen molar-refractivity contribution in [2.75, 3.05) is 32.7 Å². The Bertz CT molecular complexity index is 1200. The fourth-order valence-electron chi connectivity index (χ4n) is 4.86. The molecule has 2 aliphatic heterocycles. The lowest BCUT2D eigenvalue weighted by Gasteiger charge is -2.32. The zero-order valence-corrected chi connectivity index (χ0v) is 18.7. The van der Waals surface area contributed by atoms with Crippen molar-refractivity contribution < 1.29 is 19.5 Å². The van der Waals surface area contributed by atoms with Gasteiger partial charge in [-0.1, -0.05) is 36.9 Å². The van der Waals surface area contributed by atoms with E-state index in [-0.39, 0.29) is 17.3 Å². The fourth-order valence-corrected chi connectivity index (χ4v) is 4.86. The topological polar surface area (TPSA) is 62.0 Å². The number of piperazine rings is 1. The quantitative estimate of drug-likeness (QED) is 0.629. The zero-order chi connectivity index (χ0) is 22.2. The molecule has 0 aliphatic carbocycles. The van der Waals surface area contributed by atoms with Crippen molar-refractivity contribution in [3.63, 3.8) is 0 Å². The van der Waals surface area contributed by atoms with Gasteiger partial charge in [-0.05, 0) is 31.7 Å². The highest BCUT2D eigenvalue weighted by molar-refractivity contribution is 6.15. The van der Waals surface area contributed by atoms with E-state index in [9.17, 15) is 9.90 Å². The molecule has 2 aliphatic rings. The van der Waals surface area contributed by atoms with Gasteiger partial charge in [0.25, 0.3) is 0 Å². The molecule has 3 aromatic rings. The van der Waals surface area contributed by atoms with Crippen LogP contribution < -0.4 is 14.7 Å². The zero-order valence-electron chi connectivity index (χ0n) is 18.7. The van der Waals surface area contributed by atoms with Crippen LogP contribution in [0, 0.1) is 0 Å². The Morgan fingerprint density at radius 3 is 2.62 bits per heavy atom. The lowest BCUT2D eigenvalue weighted by molar-refractivity contribution is -0.918. The van der Waals surface area contributed by atoms with Crippen LogP contribution in [0.5, 0.6) is 11.5 Å². The maximum absolute atomic E-state index is 13.1. The maximum Gasteiger partial charge on any atom is 0.231 e. The molecule has 0 radical (unpaired) electrons. The number of hydrogen-bond acceptors (Lipinski definition) is 4. The first-order valence-electron chi connectivity index (χ1n) is 11.5. The molecule has 0 spiro atoms. The van der Waals surface area contributed by atoms with Crippen molar-refractivity contribution in [3.05, 3.63) is 65.0 Å². The number of benzene rings is 2. The van der Waals surface area contributed by atoms with E-state index < -0.39 is 0 Å². The highest BCUT2D eigenvalue weighted by atomic mass is 16.5. The van der Waals surface area contributed by atoms with E-state index in [1.54, 1.807) is 6.07 Å². The van der Waals surface area contributed by atoms with Crippen molar-refractivity contribution in [2.45, 2.75) is 26.9 Å². The summed E-state index contributed by atoms with van der Waals surface area (Å²) < 4.78 is 8.25. The molecular formula is C26H29N3O3. The van der Waals surface area contributed by atoms with Crippen LogP contribution in [0.25, 0.3) is 17.0 Å². The summed E-state index contributed by atoms with van der Waals surface area (Å²) in [5.74, 6) is 0.543. The van der Waals surface area contributed by atoms with E-state index >= 15 is 0 Å². The van der Waals surface area contributed by atoms with Gasteiger partial charge in [-0.25, -0.2) is 0 Å². The minimum atomic E-state index is -0.152. The summed E-state index contributed by atoms with van der Waals surface area (Å²) in [4.78, 5) is 16.9. The first-order chi connectivity index (χ1) is 15.6. The van der Waals surface area contributed by atoms with E-state index in [0.29, 0.717) is 23.4 Å². The number of allylic oxidation sites excluding steroid dienone is 1. The Kier molecular flexibility index (Phi) is 5.49. The first kappa shape index (κ1) is 20.8. The Hall–Kier alpha value is -3.09. The maximum atomic E-state index is 13.1. The van der Waals surface area contributed by atoms with Crippen LogP contribution in [-0.4, -0.2) is 48.0 Å². The molecule has 0 saturated carbocycles. The lowest BCUT2D eigenvalue weighted by Crippen LogP contribution is -3.13. The molecule has 6 nitrogen and oxygen atoms in total. The third kappa shape index (κ3) is 3.59. The van der Waals surface area contributed by atoms with Gasteiger partial charge in [0.1, 0.15) is 12.3 Å². The first-order valence-corrected chi connectivity index (χ1v) is 11.5. The molecule has 32 heavy (non-hydrogen) atoms. The van der Waals surface area contributed by atoms with E-state index in [2.05, 4.69) is 41.6 Å². The minimum Gasteiger partial charge on any atom is -0.872 e. The number of carbonyl (C=O) groups excluding carboxylic acids is 1. The van der Waals surface area contributed by atoms with Crippen LogP contribution in [-0.2, 0) is 13.1 Å². The highest BCUT2D eigenvalue weighted by Gasteiger charge is 2.32. The number of quaternary nitrogens is 1. The predicted octanol–water partition coefficient (Wildman–Crippen LogP) is 2.07. The van der Waals surface area contributed by atoms with Crippen LogP contribution in [0.3, 0.4) is 0 Å². The molecule has 1 fully saturated rings. The van der Waals surface area contributed by atoms with Gasteiger partial charge in [-0.15, -0.1) is 0 Å². The second-order valence-electron chi connectivity index (χ2n) is 8.61. The Balaban J connectivity index is 1.46. The number of carbonyl (C=O) groups is 1. The molecule has 0 bridgehead atoms. The molecule has 5 rings (SSSR count). The SMILES string of the molecule is CCN1CC[NH+](Cc2c([O-])ccc3c2O/C(=C\c2cn(CC)c4ccccc24)C3=O)CC1. The molecule has 1 N–H and O–H groups in total. The van der Waals surface area contributed by atoms with Gasteiger partial charge in [0.05, 0.1) is 18.7 Å². The Morgan fingerprint density at radius 2 is 1.88 bits per heavy atom. The minimum absolute atomic E-state index is 0.0502. The summed E-state index contributed by atoms with van der Waals surface area (Å²) in [6, 6.07) is 11.3. The number of hydrogen-bond donors (Lipinski definition) is 1. The molecular weight excluding hydrogens is 402 g/mol. The second kappa shape index (κ2) is 8.45. The summed E-state index contributed by atoms with van der Waals surface area (Å²) in [7, 11) is 0. The molecule has 6 heteroatoms. The number of likely N-dealkylation sites (N-methyl/N-ethyl adjacent to an activating group) is 1. The van der Waals surface area contributed by atoms with Gasteiger partial charge in [0.15, 0.2) is 5.76 Å². The van der Waals surface area contributed by atoms with E-state index in [1.807, 2.05) is 18.2 Å². The van der Waals surface area contributed by atoms with Crippen molar-refractivity contribution in [1.29, 1.82) is 0 Å². The Morgan fingerprint density at radius 1 is 1.09 bits per heavy atom. The van der Waals surface area contributed by atoms with Gasteiger partial charge in [-0.2, -0.15) is 0 Å².